The van der Waals surface area contributed by atoms with Gasteiger partial charge >= 0.3 is 0 Å². The van der Waals surface area contributed by atoms with Gasteiger partial charge in [0.15, 0.2) is 17.5 Å². The largest absolute Gasteiger partial charge is 0.339 e. The van der Waals surface area contributed by atoms with Crippen LogP contribution in [-0.2, 0) is 0 Å². The van der Waals surface area contributed by atoms with E-state index in [1.54, 1.807) is 0 Å². The molecule has 2 N–H and O–H groups in total. The smallest absolute Gasteiger partial charge is 0.164 e. The van der Waals surface area contributed by atoms with Crippen molar-refractivity contribution < 1.29 is 0 Å². The van der Waals surface area contributed by atoms with E-state index >= 15 is 0 Å². The molecule has 64 heavy (non-hydrogen) atoms. The minimum Gasteiger partial charge on any atom is -0.339 e. The average Bonchev–Trinajstić information content (AvgIpc) is 4.06. The van der Waals surface area contributed by atoms with E-state index in [4.69, 9.17) is 24.9 Å². The van der Waals surface area contributed by atoms with E-state index in [0.717, 1.165) is 109 Å². The summed E-state index contributed by atoms with van der Waals surface area (Å²) in [5.41, 5.74) is 9.57. The molecule has 0 amide bonds. The van der Waals surface area contributed by atoms with E-state index in [1.165, 1.54) is 0 Å². The molecule has 2 aliphatic heterocycles. The molecule has 0 fully saturated rings. The molecule has 0 atom stereocenters. The fourth-order valence-electron chi connectivity index (χ4n) is 9.79. The van der Waals surface area contributed by atoms with Crippen molar-refractivity contribution in [2.75, 3.05) is 0 Å². The van der Waals surface area contributed by atoms with Crippen molar-refractivity contribution in [3.8, 4) is 62.6 Å². The fraction of sp³-hybridized carbons (Fsp3) is 0. The lowest BCUT2D eigenvalue weighted by atomic mass is 9.94. The van der Waals surface area contributed by atoms with Crippen LogP contribution in [-0.4, -0.2) is 34.9 Å². The number of nitriles is 1. The Morgan fingerprint density at radius 3 is 1.20 bits per heavy atom. The Labute approximate surface area is 363 Å². The normalized spacial score (nSPS) is 12.0. The standard InChI is InChI=1S/C56H30N8/c57-29-30-17-19-31(20-18-30)48-49-40-21-32-9-1-3-11-34(32)23-42(40)51(58-49)60-53-44-25-36-13-5-7-15-38(36)27-46(44)55(62-53)64-56-47-28-39-16-8-6-14-37(39)26-45(47)54(63-56)61-52-43-24-35-12-4-2-10-33(35)22-41(43)50(48)59-52/h1-28H,(H2,58,59,60,61,62,63,64). The third-order valence-electron chi connectivity index (χ3n) is 12.9. The number of rotatable bonds is 1. The molecule has 8 heteroatoms. The van der Waals surface area contributed by atoms with Crippen molar-refractivity contribution in [1.29, 1.82) is 5.26 Å². The molecule has 0 saturated heterocycles. The maximum atomic E-state index is 9.91. The van der Waals surface area contributed by atoms with Crippen molar-refractivity contribution in [2.24, 2.45) is 0 Å². The highest BCUT2D eigenvalue weighted by molar-refractivity contribution is 6.18. The molecule has 8 nitrogen and oxygen atoms in total. The predicted molar refractivity (Wildman–Crippen MR) is 258 cm³/mol. The van der Waals surface area contributed by atoms with Gasteiger partial charge in [-0.3, -0.25) is 0 Å². The van der Waals surface area contributed by atoms with Crippen molar-refractivity contribution in [1.82, 2.24) is 34.9 Å². The quantitative estimate of drug-likeness (QED) is 0.170. The van der Waals surface area contributed by atoms with Crippen LogP contribution in [0, 0.1) is 11.3 Å². The molecule has 0 radical (unpaired) electrons. The highest BCUT2D eigenvalue weighted by Gasteiger charge is 2.26. The second-order valence-corrected chi connectivity index (χ2v) is 16.6. The Bertz CT molecular complexity index is 4270. The van der Waals surface area contributed by atoms with Crippen LogP contribution in [0.1, 0.15) is 5.56 Å². The first-order valence-electron chi connectivity index (χ1n) is 21.2. The van der Waals surface area contributed by atoms with Crippen LogP contribution < -0.4 is 0 Å². The fourth-order valence-corrected chi connectivity index (χ4v) is 9.79. The molecule has 14 rings (SSSR count). The maximum Gasteiger partial charge on any atom is 0.164 e. The Kier molecular flexibility index (Phi) is 7.02. The first kappa shape index (κ1) is 34.6. The first-order valence-corrected chi connectivity index (χ1v) is 21.2. The zero-order valence-corrected chi connectivity index (χ0v) is 33.8. The van der Waals surface area contributed by atoms with Crippen LogP contribution >= 0.6 is 0 Å². The number of fused-ring (bicyclic) bond motifs is 24. The van der Waals surface area contributed by atoms with Crippen LogP contribution in [0.5, 0.6) is 0 Å². The van der Waals surface area contributed by atoms with E-state index < -0.39 is 0 Å². The number of H-pyrrole nitrogens is 2. The lowest BCUT2D eigenvalue weighted by Crippen LogP contribution is -1.87. The minimum atomic E-state index is 0.561. The van der Waals surface area contributed by atoms with Crippen LogP contribution in [0.2, 0.25) is 0 Å². The lowest BCUT2D eigenvalue weighted by Gasteiger charge is -2.09. The predicted octanol–water partition coefficient (Wildman–Crippen LogP) is 13.6. The highest BCUT2D eigenvalue weighted by atomic mass is 15.0. The summed E-state index contributed by atoms with van der Waals surface area (Å²) in [6, 6.07) is 61.2. The number of hydrogen-bond donors (Lipinski definition) is 2. The van der Waals surface area contributed by atoms with Gasteiger partial charge in [0, 0.05) is 49.4 Å². The number of hydrogen-bond acceptors (Lipinski definition) is 6. The van der Waals surface area contributed by atoms with Gasteiger partial charge in [-0.2, -0.15) is 5.26 Å². The molecular weight excluding hydrogens is 785 g/mol. The molecular formula is C56H30N8. The number of nitrogens with one attached hydrogen (secondary N) is 2. The van der Waals surface area contributed by atoms with Crippen LogP contribution in [0.4, 0.5) is 0 Å². The van der Waals surface area contributed by atoms with Gasteiger partial charge in [-0.25, -0.2) is 24.9 Å². The van der Waals surface area contributed by atoms with Crippen molar-refractivity contribution >= 4 is 87.1 Å². The van der Waals surface area contributed by atoms with E-state index in [1.807, 2.05) is 24.3 Å². The Morgan fingerprint density at radius 1 is 0.359 bits per heavy atom. The molecule has 2 aliphatic rings. The summed E-state index contributed by atoms with van der Waals surface area (Å²) in [5.74, 6) is 1.70. The summed E-state index contributed by atoms with van der Waals surface area (Å²) in [7, 11) is 0. The molecule has 5 heterocycles. The second-order valence-electron chi connectivity index (χ2n) is 16.6. The zero-order chi connectivity index (χ0) is 42.0. The van der Waals surface area contributed by atoms with E-state index in [-0.39, 0.29) is 0 Å². The Balaban J connectivity index is 1.24. The number of benzene rings is 9. The van der Waals surface area contributed by atoms with E-state index in [9.17, 15) is 5.26 Å². The molecule has 8 bridgehead atoms. The Morgan fingerprint density at radius 2 is 0.734 bits per heavy atom. The highest BCUT2D eigenvalue weighted by Crippen LogP contribution is 2.46. The molecule has 9 aromatic carbocycles. The van der Waals surface area contributed by atoms with Gasteiger partial charge in [0.1, 0.15) is 16.9 Å². The number of aromatic nitrogens is 7. The van der Waals surface area contributed by atoms with Gasteiger partial charge in [0.05, 0.1) is 22.8 Å². The molecule has 12 aromatic rings. The molecule has 0 saturated carbocycles. The molecule has 294 valence electrons. The van der Waals surface area contributed by atoms with Gasteiger partial charge < -0.3 is 9.97 Å². The summed E-state index contributed by atoms with van der Waals surface area (Å²) in [6.07, 6.45) is 0. The molecule has 0 unspecified atom stereocenters. The summed E-state index contributed by atoms with van der Waals surface area (Å²) >= 11 is 0. The summed E-state index contributed by atoms with van der Waals surface area (Å²) in [5, 5.41) is 22.4. The Hall–Kier alpha value is -9.06. The van der Waals surface area contributed by atoms with Gasteiger partial charge in [-0.1, -0.05) is 109 Å². The number of aromatic amines is 2. The molecule has 0 spiro atoms. The van der Waals surface area contributed by atoms with Gasteiger partial charge in [-0.15, -0.1) is 0 Å². The topological polar surface area (TPSA) is 120 Å². The van der Waals surface area contributed by atoms with Gasteiger partial charge in [-0.05, 0) is 109 Å². The zero-order valence-electron chi connectivity index (χ0n) is 33.8. The SMILES string of the molecule is N#Cc1ccc(-c2c3nc(nc4[nH]c(nc5nc(nc6[nH]c2c2cc7ccccc7cc62)-c2cc6ccccc6cc2-5)c2cc5ccccc5cc42)-c2cc4ccccc4cc2-3)cc1. The van der Waals surface area contributed by atoms with E-state index in [2.05, 4.69) is 162 Å². The lowest BCUT2D eigenvalue weighted by molar-refractivity contribution is 1.21. The first-order chi connectivity index (χ1) is 31.6. The summed E-state index contributed by atoms with van der Waals surface area (Å²) in [6.45, 7) is 0. The van der Waals surface area contributed by atoms with Crippen molar-refractivity contribution in [2.45, 2.75) is 0 Å². The van der Waals surface area contributed by atoms with Crippen LogP contribution in [0.25, 0.3) is 144 Å². The third-order valence-corrected chi connectivity index (χ3v) is 12.9. The number of nitrogens with zero attached hydrogens (tertiary/aromatic N) is 6. The third kappa shape index (κ3) is 5.12. The summed E-state index contributed by atoms with van der Waals surface area (Å²) < 4.78 is 0. The van der Waals surface area contributed by atoms with Crippen LogP contribution in [0.3, 0.4) is 0 Å². The van der Waals surface area contributed by atoms with Gasteiger partial charge in [0.25, 0.3) is 0 Å². The monoisotopic (exact) mass is 814 g/mol. The molecule has 0 aliphatic carbocycles. The average molecular weight is 815 g/mol. The minimum absolute atomic E-state index is 0.561. The maximum absolute atomic E-state index is 9.91. The second kappa shape index (κ2) is 13.0. The molecule has 3 aromatic heterocycles. The van der Waals surface area contributed by atoms with Crippen molar-refractivity contribution in [3.05, 3.63) is 175 Å². The van der Waals surface area contributed by atoms with Crippen LogP contribution in [0.15, 0.2) is 170 Å². The van der Waals surface area contributed by atoms with Gasteiger partial charge in [0.2, 0.25) is 0 Å². The summed E-state index contributed by atoms with van der Waals surface area (Å²) in [4.78, 5) is 34.7. The van der Waals surface area contributed by atoms with E-state index in [0.29, 0.717) is 40.0 Å². The van der Waals surface area contributed by atoms with Crippen molar-refractivity contribution in [3.63, 3.8) is 0 Å².